The van der Waals surface area contributed by atoms with Gasteiger partial charge in [0.2, 0.25) is 0 Å². The molecule has 0 aliphatic rings. The van der Waals surface area contributed by atoms with E-state index in [0.717, 1.165) is 35.6 Å². The highest BCUT2D eigenvalue weighted by Gasteiger charge is 2.31. The fraction of sp³-hybridized carbons (Fsp3) is 0.111. The van der Waals surface area contributed by atoms with Crippen LogP contribution in [0.1, 0.15) is 21.7 Å². The van der Waals surface area contributed by atoms with Gasteiger partial charge >= 0.3 is 12.4 Å². The van der Waals surface area contributed by atoms with Crippen molar-refractivity contribution in [3.05, 3.63) is 64.2 Å². The summed E-state index contributed by atoms with van der Waals surface area (Å²) in [7, 11) is 0. The Kier molecular flexibility index (Phi) is 4.70. The number of nitriles is 1. The zero-order valence-corrected chi connectivity index (χ0v) is 14.0. The third-order valence-corrected chi connectivity index (χ3v) is 4.68. The van der Waals surface area contributed by atoms with Gasteiger partial charge in [-0.2, -0.15) is 31.6 Å². The number of aromatic nitrogens is 1. The third kappa shape index (κ3) is 4.11. The molecule has 0 amide bonds. The van der Waals surface area contributed by atoms with Gasteiger partial charge < -0.3 is 0 Å². The molecule has 0 saturated heterocycles. The number of rotatable bonds is 2. The first-order chi connectivity index (χ1) is 12.6. The summed E-state index contributed by atoms with van der Waals surface area (Å²) < 4.78 is 76.6. The molecule has 0 radical (unpaired) electrons. The quantitative estimate of drug-likeness (QED) is 0.370. The van der Waals surface area contributed by atoms with Crippen molar-refractivity contribution < 1.29 is 26.3 Å². The van der Waals surface area contributed by atoms with Gasteiger partial charge in [0.15, 0.2) is 0 Å². The Balaban J connectivity index is 1.98. The van der Waals surface area contributed by atoms with Gasteiger partial charge in [0.1, 0.15) is 11.1 Å². The second-order valence-electron chi connectivity index (χ2n) is 5.49. The minimum Gasteiger partial charge on any atom is -0.235 e. The summed E-state index contributed by atoms with van der Waals surface area (Å²) >= 11 is 1.03. The number of hydrogen-bond acceptors (Lipinski definition) is 3. The first-order valence-electron chi connectivity index (χ1n) is 7.35. The second kappa shape index (κ2) is 6.70. The van der Waals surface area contributed by atoms with Crippen LogP contribution in [0.4, 0.5) is 26.3 Å². The molecule has 9 heteroatoms. The standard InChI is InChI=1S/C18H8F6N2S/c19-17(20,21)12-3-1-10(2-4-12)7-11(9-25)16-26-14-8-13(18(22,23)24)5-6-15(14)27-16/h1-8H/b11-7+. The van der Waals surface area contributed by atoms with Gasteiger partial charge in [-0.15, -0.1) is 11.3 Å². The minimum atomic E-state index is -4.51. The summed E-state index contributed by atoms with van der Waals surface area (Å²) in [4.78, 5) is 4.06. The first-order valence-corrected chi connectivity index (χ1v) is 8.17. The molecule has 0 atom stereocenters. The maximum absolute atomic E-state index is 12.8. The largest absolute Gasteiger partial charge is 0.416 e. The highest BCUT2D eigenvalue weighted by atomic mass is 32.1. The van der Waals surface area contributed by atoms with E-state index in [1.54, 1.807) is 0 Å². The fourth-order valence-electron chi connectivity index (χ4n) is 2.30. The summed E-state index contributed by atoms with van der Waals surface area (Å²) in [5.41, 5.74) is -1.19. The topological polar surface area (TPSA) is 36.7 Å². The molecule has 0 bridgehead atoms. The summed E-state index contributed by atoms with van der Waals surface area (Å²) in [6.07, 6.45) is -7.64. The third-order valence-electron chi connectivity index (χ3n) is 3.61. The zero-order chi connectivity index (χ0) is 19.8. The van der Waals surface area contributed by atoms with Crippen LogP contribution in [0.15, 0.2) is 42.5 Å². The lowest BCUT2D eigenvalue weighted by Gasteiger charge is -2.06. The number of alkyl halides is 6. The SMILES string of the molecule is N#C/C(=C\c1ccc(C(F)(F)F)cc1)c1nc2cc(C(F)(F)F)ccc2s1. The summed E-state index contributed by atoms with van der Waals surface area (Å²) in [6.45, 7) is 0. The molecule has 1 heterocycles. The molecule has 0 aliphatic heterocycles. The van der Waals surface area contributed by atoms with Gasteiger partial charge in [-0.3, -0.25) is 0 Å². The number of allylic oxidation sites excluding steroid dienone is 1. The molecule has 0 spiro atoms. The van der Waals surface area contributed by atoms with Crippen LogP contribution in [0.3, 0.4) is 0 Å². The number of nitrogens with zero attached hydrogens (tertiary/aromatic N) is 2. The van der Waals surface area contributed by atoms with E-state index in [-0.39, 0.29) is 16.1 Å². The van der Waals surface area contributed by atoms with Gasteiger partial charge in [0.25, 0.3) is 0 Å². The van der Waals surface area contributed by atoms with Gasteiger partial charge in [-0.05, 0) is 42.0 Å². The summed E-state index contributed by atoms with van der Waals surface area (Å²) in [6, 6.07) is 9.14. The molecule has 0 unspecified atom stereocenters. The predicted molar refractivity (Wildman–Crippen MR) is 89.6 cm³/mol. The van der Waals surface area contributed by atoms with Crippen LogP contribution >= 0.6 is 11.3 Å². The molecule has 27 heavy (non-hydrogen) atoms. The number of fused-ring (bicyclic) bond motifs is 1. The van der Waals surface area contributed by atoms with Crippen molar-refractivity contribution in [3.63, 3.8) is 0 Å². The maximum Gasteiger partial charge on any atom is 0.416 e. The van der Waals surface area contributed by atoms with E-state index in [2.05, 4.69) is 4.98 Å². The van der Waals surface area contributed by atoms with Crippen molar-refractivity contribution in [3.8, 4) is 6.07 Å². The van der Waals surface area contributed by atoms with Crippen LogP contribution in [0, 0.1) is 11.3 Å². The lowest BCUT2D eigenvalue weighted by molar-refractivity contribution is -0.138. The van der Waals surface area contributed by atoms with Crippen LogP contribution in [0.25, 0.3) is 21.9 Å². The Morgan fingerprint density at radius 1 is 0.926 bits per heavy atom. The van der Waals surface area contributed by atoms with Crippen LogP contribution < -0.4 is 0 Å². The second-order valence-corrected chi connectivity index (χ2v) is 6.52. The lowest BCUT2D eigenvalue weighted by atomic mass is 10.1. The summed E-state index contributed by atoms with van der Waals surface area (Å²) in [5, 5.41) is 9.51. The van der Waals surface area contributed by atoms with Crippen molar-refractivity contribution in [1.82, 2.24) is 4.98 Å². The van der Waals surface area contributed by atoms with Crippen molar-refractivity contribution >= 4 is 33.2 Å². The van der Waals surface area contributed by atoms with Crippen LogP contribution in [0.2, 0.25) is 0 Å². The summed E-state index contributed by atoms with van der Waals surface area (Å²) in [5.74, 6) is 0. The van der Waals surface area contributed by atoms with E-state index in [1.807, 2.05) is 6.07 Å². The monoisotopic (exact) mass is 398 g/mol. The Hall–Kier alpha value is -2.86. The van der Waals surface area contributed by atoms with E-state index in [4.69, 9.17) is 0 Å². The molecule has 2 aromatic carbocycles. The number of hydrogen-bond donors (Lipinski definition) is 0. The van der Waals surface area contributed by atoms with Crippen LogP contribution in [-0.2, 0) is 12.4 Å². The van der Waals surface area contributed by atoms with E-state index in [9.17, 15) is 31.6 Å². The maximum atomic E-state index is 12.8. The van der Waals surface area contributed by atoms with Gasteiger partial charge in [-0.1, -0.05) is 12.1 Å². The number of thiazole rings is 1. The highest BCUT2D eigenvalue weighted by molar-refractivity contribution is 7.19. The minimum absolute atomic E-state index is 0.0458. The van der Waals surface area contributed by atoms with Crippen LogP contribution in [-0.4, -0.2) is 4.98 Å². The molecule has 138 valence electrons. The molecule has 0 aliphatic carbocycles. The molecular weight excluding hydrogens is 390 g/mol. The van der Waals surface area contributed by atoms with Gasteiger partial charge in [0.05, 0.1) is 26.9 Å². The number of benzene rings is 2. The molecule has 3 rings (SSSR count). The average Bonchev–Trinajstić information content (AvgIpc) is 3.01. The Bertz CT molecular complexity index is 1050. The first kappa shape index (κ1) is 18.9. The molecule has 3 aromatic rings. The van der Waals surface area contributed by atoms with Crippen molar-refractivity contribution in [2.75, 3.05) is 0 Å². The Labute approximate surface area is 153 Å². The normalized spacial score (nSPS) is 13.0. The number of halogens is 6. The van der Waals surface area contributed by atoms with Crippen molar-refractivity contribution in [2.24, 2.45) is 0 Å². The Morgan fingerprint density at radius 3 is 2.07 bits per heavy atom. The van der Waals surface area contributed by atoms with E-state index in [0.29, 0.717) is 10.3 Å². The van der Waals surface area contributed by atoms with Crippen molar-refractivity contribution in [1.29, 1.82) is 5.26 Å². The molecule has 1 aromatic heterocycles. The van der Waals surface area contributed by atoms with Crippen LogP contribution in [0.5, 0.6) is 0 Å². The van der Waals surface area contributed by atoms with E-state index >= 15 is 0 Å². The molecule has 0 fully saturated rings. The molecule has 0 saturated carbocycles. The average molecular weight is 398 g/mol. The molecule has 2 nitrogen and oxygen atoms in total. The lowest BCUT2D eigenvalue weighted by Crippen LogP contribution is -2.04. The molecule has 0 N–H and O–H groups in total. The van der Waals surface area contributed by atoms with Crippen molar-refractivity contribution in [2.45, 2.75) is 12.4 Å². The van der Waals surface area contributed by atoms with Gasteiger partial charge in [-0.25, -0.2) is 4.98 Å². The van der Waals surface area contributed by atoms with E-state index in [1.165, 1.54) is 24.3 Å². The highest BCUT2D eigenvalue weighted by Crippen LogP contribution is 2.35. The zero-order valence-electron chi connectivity index (χ0n) is 13.2. The van der Waals surface area contributed by atoms with E-state index < -0.39 is 23.5 Å². The Morgan fingerprint density at radius 2 is 1.52 bits per heavy atom. The van der Waals surface area contributed by atoms with Gasteiger partial charge in [0, 0.05) is 0 Å². The predicted octanol–water partition coefficient (Wildman–Crippen LogP) is 6.40. The molecular formula is C18H8F6N2S. The smallest absolute Gasteiger partial charge is 0.235 e. The fourth-order valence-corrected chi connectivity index (χ4v) is 3.21.